The van der Waals surface area contributed by atoms with Crippen LogP contribution in [0.4, 0.5) is 5.95 Å². The molecule has 2 fully saturated rings. The molecule has 2 saturated heterocycles. The zero-order valence-electron chi connectivity index (χ0n) is 16.3. The van der Waals surface area contributed by atoms with Gasteiger partial charge in [0.25, 0.3) is 0 Å². The van der Waals surface area contributed by atoms with E-state index in [9.17, 15) is 0 Å². The number of morpholine rings is 1. The van der Waals surface area contributed by atoms with Crippen molar-refractivity contribution in [3.05, 3.63) is 46.7 Å². The second-order valence-electron chi connectivity index (χ2n) is 7.35. The molecule has 29 heavy (non-hydrogen) atoms. The fourth-order valence-electron chi connectivity index (χ4n) is 3.86. The Balaban J connectivity index is 1.40. The van der Waals surface area contributed by atoms with E-state index < -0.39 is 0 Å². The van der Waals surface area contributed by atoms with Crippen LogP contribution in [0.5, 0.6) is 5.75 Å². The molecule has 0 aliphatic carbocycles. The van der Waals surface area contributed by atoms with E-state index in [0.717, 1.165) is 57.3 Å². The smallest absolute Gasteiger partial charge is 0.221 e. The van der Waals surface area contributed by atoms with Crippen LogP contribution in [0, 0.1) is 5.92 Å². The van der Waals surface area contributed by atoms with Gasteiger partial charge in [0.05, 0.1) is 24.9 Å². The number of aromatic nitrogens is 2. The molecule has 0 spiro atoms. The number of ether oxygens (including phenoxy) is 2. The summed E-state index contributed by atoms with van der Waals surface area (Å²) in [6.07, 6.45) is 0.847. The average molecular weight is 419 g/mol. The molecule has 2 aliphatic rings. The maximum absolute atomic E-state index is 6.14. The molecular formula is C20H27ClN6O2. The normalized spacial score (nSPS) is 22.7. The van der Waals surface area contributed by atoms with Gasteiger partial charge in [0.15, 0.2) is 0 Å². The molecule has 0 radical (unpaired) electrons. The molecular weight excluding hydrogens is 392 g/mol. The van der Waals surface area contributed by atoms with E-state index in [4.69, 9.17) is 26.8 Å². The Morgan fingerprint density at radius 2 is 2.07 bits per heavy atom. The lowest BCUT2D eigenvalue weighted by Gasteiger charge is -2.26. The monoisotopic (exact) mass is 418 g/mol. The zero-order chi connectivity index (χ0) is 20.1. The third-order valence-corrected chi connectivity index (χ3v) is 5.56. The highest BCUT2D eigenvalue weighted by molar-refractivity contribution is 6.29. The number of benzene rings is 1. The summed E-state index contributed by atoms with van der Waals surface area (Å²) in [4.78, 5) is 10.7. The fourth-order valence-corrected chi connectivity index (χ4v) is 4.06. The lowest BCUT2D eigenvalue weighted by Crippen LogP contribution is -2.38. The standard InChI is InChI=1S/C20H27ClN6O2/c21-18-12-16(24-20(22)25-18)19-15(13-23-26-19)11-14-3-1-2-4-17(14)29-10-7-27-5-8-28-9-6-27/h1-4,12,15,19,23,26H,5-11,13H2,(H2,22,24,25). The summed E-state index contributed by atoms with van der Waals surface area (Å²) in [5.41, 5.74) is 14.3. The largest absolute Gasteiger partial charge is 0.492 e. The van der Waals surface area contributed by atoms with Gasteiger partial charge in [-0.3, -0.25) is 10.3 Å². The number of rotatable bonds is 7. The van der Waals surface area contributed by atoms with Gasteiger partial charge in [-0.05, 0) is 30.0 Å². The van der Waals surface area contributed by atoms with Crippen LogP contribution in [0.1, 0.15) is 17.3 Å². The van der Waals surface area contributed by atoms with Crippen LogP contribution in [0.3, 0.4) is 0 Å². The van der Waals surface area contributed by atoms with Crippen molar-refractivity contribution >= 4 is 17.5 Å². The van der Waals surface area contributed by atoms with Gasteiger partial charge in [-0.2, -0.15) is 0 Å². The first-order valence-electron chi connectivity index (χ1n) is 9.98. The van der Waals surface area contributed by atoms with Crippen LogP contribution in [0.25, 0.3) is 0 Å². The molecule has 0 amide bonds. The number of hydrogen-bond acceptors (Lipinski definition) is 8. The highest BCUT2D eigenvalue weighted by atomic mass is 35.5. The Labute approximate surface area is 175 Å². The predicted molar refractivity (Wildman–Crippen MR) is 112 cm³/mol. The summed E-state index contributed by atoms with van der Waals surface area (Å²) < 4.78 is 11.5. The summed E-state index contributed by atoms with van der Waals surface area (Å²) in [5.74, 6) is 1.41. The van der Waals surface area contributed by atoms with Gasteiger partial charge >= 0.3 is 0 Å². The van der Waals surface area contributed by atoms with E-state index >= 15 is 0 Å². The molecule has 8 nitrogen and oxygen atoms in total. The molecule has 2 atom stereocenters. The Morgan fingerprint density at radius 1 is 1.24 bits per heavy atom. The minimum Gasteiger partial charge on any atom is -0.492 e. The van der Waals surface area contributed by atoms with E-state index in [1.54, 1.807) is 6.07 Å². The van der Waals surface area contributed by atoms with Crippen molar-refractivity contribution in [1.29, 1.82) is 0 Å². The minimum atomic E-state index is -0.000735. The molecule has 0 bridgehead atoms. The minimum absolute atomic E-state index is 0.000735. The highest BCUT2D eigenvalue weighted by Gasteiger charge is 2.30. The van der Waals surface area contributed by atoms with Gasteiger partial charge < -0.3 is 15.2 Å². The number of nitrogens with one attached hydrogen (secondary N) is 2. The highest BCUT2D eigenvalue weighted by Crippen LogP contribution is 2.31. The van der Waals surface area contributed by atoms with Gasteiger partial charge in [0.2, 0.25) is 5.95 Å². The van der Waals surface area contributed by atoms with Crippen LogP contribution in [0.2, 0.25) is 5.15 Å². The molecule has 1 aromatic carbocycles. The first-order chi connectivity index (χ1) is 14.2. The Kier molecular flexibility index (Phi) is 6.78. The molecule has 2 aliphatic heterocycles. The lowest BCUT2D eigenvalue weighted by atomic mass is 9.91. The summed E-state index contributed by atoms with van der Waals surface area (Å²) in [6, 6.07) is 10.00. The van der Waals surface area contributed by atoms with Crippen LogP contribution < -0.4 is 21.3 Å². The quantitative estimate of drug-likeness (QED) is 0.581. The van der Waals surface area contributed by atoms with Crippen molar-refractivity contribution in [2.45, 2.75) is 12.5 Å². The molecule has 1 aromatic heterocycles. The first-order valence-corrected chi connectivity index (χ1v) is 10.4. The molecule has 0 saturated carbocycles. The van der Waals surface area contributed by atoms with Crippen molar-refractivity contribution in [1.82, 2.24) is 25.7 Å². The lowest BCUT2D eigenvalue weighted by molar-refractivity contribution is 0.0322. The van der Waals surface area contributed by atoms with Crippen molar-refractivity contribution in [3.8, 4) is 5.75 Å². The van der Waals surface area contributed by atoms with Crippen molar-refractivity contribution < 1.29 is 9.47 Å². The van der Waals surface area contributed by atoms with Gasteiger partial charge in [0.1, 0.15) is 17.5 Å². The third kappa shape index (κ3) is 5.34. The number of para-hydroxylation sites is 1. The van der Waals surface area contributed by atoms with Crippen LogP contribution in [0.15, 0.2) is 30.3 Å². The van der Waals surface area contributed by atoms with Gasteiger partial charge in [-0.15, -0.1) is 0 Å². The van der Waals surface area contributed by atoms with E-state index in [1.807, 2.05) is 12.1 Å². The van der Waals surface area contributed by atoms with E-state index in [0.29, 0.717) is 11.8 Å². The summed E-state index contributed by atoms with van der Waals surface area (Å²) in [6.45, 7) is 5.93. The number of hydrazine groups is 1. The number of anilines is 1. The second kappa shape index (κ2) is 9.69. The van der Waals surface area contributed by atoms with E-state index in [-0.39, 0.29) is 17.9 Å². The Bertz CT molecular complexity index is 797. The number of halogens is 1. The summed E-state index contributed by atoms with van der Waals surface area (Å²) in [5, 5.41) is 0.354. The summed E-state index contributed by atoms with van der Waals surface area (Å²) in [7, 11) is 0. The van der Waals surface area contributed by atoms with Gasteiger partial charge in [-0.1, -0.05) is 29.8 Å². The third-order valence-electron chi connectivity index (χ3n) is 5.37. The SMILES string of the molecule is Nc1nc(Cl)cc(C2NNCC2Cc2ccccc2OCCN2CCOCC2)n1. The maximum Gasteiger partial charge on any atom is 0.221 e. The van der Waals surface area contributed by atoms with Gasteiger partial charge in [0, 0.05) is 26.2 Å². The summed E-state index contributed by atoms with van der Waals surface area (Å²) >= 11 is 6.07. The van der Waals surface area contributed by atoms with Crippen molar-refractivity contribution in [2.24, 2.45) is 5.92 Å². The molecule has 3 heterocycles. The number of nitrogens with two attached hydrogens (primary N) is 1. The molecule has 2 unspecified atom stereocenters. The topological polar surface area (TPSA) is 97.6 Å². The molecule has 2 aromatic rings. The van der Waals surface area contributed by atoms with Crippen molar-refractivity contribution in [2.75, 3.05) is 51.7 Å². The van der Waals surface area contributed by atoms with E-state index in [1.165, 1.54) is 5.56 Å². The number of nitrogens with zero attached hydrogens (tertiary/aromatic N) is 3. The Hall–Kier alpha value is -1.97. The van der Waals surface area contributed by atoms with Crippen molar-refractivity contribution in [3.63, 3.8) is 0 Å². The molecule has 4 N–H and O–H groups in total. The average Bonchev–Trinajstić information content (AvgIpc) is 3.18. The number of hydrogen-bond donors (Lipinski definition) is 3. The van der Waals surface area contributed by atoms with Crippen LogP contribution in [-0.4, -0.2) is 60.9 Å². The van der Waals surface area contributed by atoms with Gasteiger partial charge in [-0.25, -0.2) is 15.4 Å². The predicted octanol–water partition coefficient (Wildman–Crippen LogP) is 1.43. The number of nitrogen functional groups attached to an aromatic ring is 1. The maximum atomic E-state index is 6.14. The van der Waals surface area contributed by atoms with Crippen LogP contribution in [-0.2, 0) is 11.2 Å². The Morgan fingerprint density at radius 3 is 2.90 bits per heavy atom. The molecule has 156 valence electrons. The second-order valence-corrected chi connectivity index (χ2v) is 7.74. The zero-order valence-corrected chi connectivity index (χ0v) is 17.1. The van der Waals surface area contributed by atoms with E-state index in [2.05, 4.69) is 37.9 Å². The van der Waals surface area contributed by atoms with Crippen LogP contribution >= 0.6 is 11.6 Å². The molecule has 4 rings (SSSR count). The fraction of sp³-hybridized carbons (Fsp3) is 0.500. The molecule has 9 heteroatoms. The first kappa shape index (κ1) is 20.3.